The first kappa shape index (κ1) is 15.8. The number of likely N-dealkylation sites (tertiary alicyclic amines) is 1. The molecule has 1 saturated carbocycles. The second-order valence-electron chi connectivity index (χ2n) is 6.29. The van der Waals surface area contributed by atoms with E-state index in [9.17, 15) is 4.79 Å². The molecule has 2 unspecified atom stereocenters. The van der Waals surface area contributed by atoms with Crippen LogP contribution in [0, 0.1) is 0 Å². The maximum atomic E-state index is 12.5. The number of nitrogens with zero attached hydrogens (tertiary/aromatic N) is 2. The van der Waals surface area contributed by atoms with E-state index in [0.29, 0.717) is 30.6 Å². The van der Waals surface area contributed by atoms with E-state index < -0.39 is 0 Å². The van der Waals surface area contributed by atoms with Crippen molar-refractivity contribution in [1.82, 2.24) is 15.1 Å². The molecule has 1 saturated heterocycles. The normalized spacial score (nSPS) is 25.4. The smallest absolute Gasteiger partial charge is 0.236 e. The molecule has 1 heterocycles. The molecule has 0 aromatic heterocycles. The van der Waals surface area contributed by atoms with Crippen LogP contribution < -0.4 is 5.32 Å². The van der Waals surface area contributed by atoms with Crippen molar-refractivity contribution in [1.29, 1.82) is 0 Å². The summed E-state index contributed by atoms with van der Waals surface area (Å²) in [6, 6.07) is 1.54. The third-order valence-electron chi connectivity index (χ3n) is 4.75. The van der Waals surface area contributed by atoms with Crippen molar-refractivity contribution in [3.05, 3.63) is 0 Å². The minimum absolute atomic E-state index is 0.339. The lowest BCUT2D eigenvalue weighted by Crippen LogP contribution is -2.54. The van der Waals surface area contributed by atoms with Gasteiger partial charge in [-0.3, -0.25) is 9.69 Å². The summed E-state index contributed by atoms with van der Waals surface area (Å²) in [5, 5.41) is 3.53. The lowest BCUT2D eigenvalue weighted by atomic mass is 9.96. The molecule has 0 spiro atoms. The van der Waals surface area contributed by atoms with E-state index in [1.165, 1.54) is 32.1 Å². The van der Waals surface area contributed by atoms with Crippen LogP contribution in [0.3, 0.4) is 0 Å². The fourth-order valence-corrected chi connectivity index (χ4v) is 3.53. The number of rotatable bonds is 7. The molecular formula is C16H31N3O. The van der Waals surface area contributed by atoms with Crippen molar-refractivity contribution in [3.8, 4) is 0 Å². The SMILES string of the molecule is CCNC(C)C1CCCCN1CC(=O)N(CC)C1CC1. The van der Waals surface area contributed by atoms with Gasteiger partial charge in [0.2, 0.25) is 5.91 Å². The molecule has 0 aromatic rings. The third kappa shape index (κ3) is 3.95. The topological polar surface area (TPSA) is 35.6 Å². The minimum atomic E-state index is 0.339. The molecule has 116 valence electrons. The molecule has 0 bridgehead atoms. The Kier molecular flexibility index (Phi) is 5.85. The molecule has 4 heteroatoms. The predicted molar refractivity (Wildman–Crippen MR) is 82.8 cm³/mol. The van der Waals surface area contributed by atoms with Gasteiger partial charge in [0.05, 0.1) is 6.54 Å². The molecular weight excluding hydrogens is 250 g/mol. The summed E-state index contributed by atoms with van der Waals surface area (Å²) >= 11 is 0. The Balaban J connectivity index is 1.91. The van der Waals surface area contributed by atoms with Crippen LogP contribution in [0.2, 0.25) is 0 Å². The molecule has 2 rings (SSSR count). The van der Waals surface area contributed by atoms with E-state index in [4.69, 9.17) is 0 Å². The molecule has 1 N–H and O–H groups in total. The molecule has 1 aliphatic heterocycles. The summed E-state index contributed by atoms with van der Waals surface area (Å²) in [6.45, 7) is 10.1. The number of carbonyl (C=O) groups is 1. The molecule has 2 fully saturated rings. The van der Waals surface area contributed by atoms with Crippen LogP contribution in [0.1, 0.15) is 52.9 Å². The summed E-state index contributed by atoms with van der Waals surface area (Å²) in [6.07, 6.45) is 6.16. The Labute approximate surface area is 123 Å². The zero-order valence-electron chi connectivity index (χ0n) is 13.4. The van der Waals surface area contributed by atoms with Gasteiger partial charge in [-0.1, -0.05) is 13.3 Å². The van der Waals surface area contributed by atoms with Gasteiger partial charge in [0.15, 0.2) is 0 Å². The summed E-state index contributed by atoms with van der Waals surface area (Å²) in [4.78, 5) is 17.0. The second-order valence-corrected chi connectivity index (χ2v) is 6.29. The van der Waals surface area contributed by atoms with E-state index in [2.05, 4.69) is 35.9 Å². The molecule has 1 amide bonds. The van der Waals surface area contributed by atoms with Crippen LogP contribution in [0.25, 0.3) is 0 Å². The van der Waals surface area contributed by atoms with Crippen LogP contribution in [0.15, 0.2) is 0 Å². The zero-order chi connectivity index (χ0) is 14.5. The lowest BCUT2D eigenvalue weighted by molar-refractivity contribution is -0.133. The fraction of sp³-hybridized carbons (Fsp3) is 0.938. The molecule has 0 aromatic carbocycles. The first-order chi connectivity index (χ1) is 9.67. The van der Waals surface area contributed by atoms with Gasteiger partial charge >= 0.3 is 0 Å². The largest absolute Gasteiger partial charge is 0.339 e. The van der Waals surface area contributed by atoms with Gasteiger partial charge in [-0.05, 0) is 52.6 Å². The molecule has 0 radical (unpaired) electrons. The highest BCUT2D eigenvalue weighted by Crippen LogP contribution is 2.27. The quantitative estimate of drug-likeness (QED) is 0.773. The Bertz CT molecular complexity index is 317. The van der Waals surface area contributed by atoms with Gasteiger partial charge in [-0.2, -0.15) is 0 Å². The molecule has 2 aliphatic rings. The Morgan fingerprint density at radius 1 is 1.30 bits per heavy atom. The average Bonchev–Trinajstić information content (AvgIpc) is 3.25. The number of nitrogens with one attached hydrogen (secondary N) is 1. The van der Waals surface area contributed by atoms with Crippen LogP contribution in [-0.4, -0.2) is 60.0 Å². The van der Waals surface area contributed by atoms with Crippen molar-refractivity contribution in [2.75, 3.05) is 26.2 Å². The lowest BCUT2D eigenvalue weighted by Gasteiger charge is -2.40. The van der Waals surface area contributed by atoms with Crippen LogP contribution >= 0.6 is 0 Å². The molecule has 4 nitrogen and oxygen atoms in total. The summed E-state index contributed by atoms with van der Waals surface area (Å²) in [5.41, 5.74) is 0. The number of carbonyl (C=O) groups excluding carboxylic acids is 1. The number of hydrogen-bond donors (Lipinski definition) is 1. The first-order valence-electron chi connectivity index (χ1n) is 8.44. The highest BCUT2D eigenvalue weighted by Gasteiger charge is 2.34. The van der Waals surface area contributed by atoms with Gasteiger partial charge in [-0.25, -0.2) is 0 Å². The maximum Gasteiger partial charge on any atom is 0.236 e. The average molecular weight is 281 g/mol. The molecule has 20 heavy (non-hydrogen) atoms. The Hall–Kier alpha value is -0.610. The minimum Gasteiger partial charge on any atom is -0.339 e. The number of hydrogen-bond acceptors (Lipinski definition) is 3. The molecule has 2 atom stereocenters. The first-order valence-corrected chi connectivity index (χ1v) is 8.44. The van der Waals surface area contributed by atoms with Gasteiger partial charge in [-0.15, -0.1) is 0 Å². The van der Waals surface area contributed by atoms with Crippen molar-refractivity contribution in [2.45, 2.75) is 71.0 Å². The van der Waals surface area contributed by atoms with Gasteiger partial charge in [0.25, 0.3) is 0 Å². The van der Waals surface area contributed by atoms with Crippen LogP contribution in [0.4, 0.5) is 0 Å². The monoisotopic (exact) mass is 281 g/mol. The summed E-state index contributed by atoms with van der Waals surface area (Å²) < 4.78 is 0. The molecule has 1 aliphatic carbocycles. The summed E-state index contributed by atoms with van der Waals surface area (Å²) in [7, 11) is 0. The van der Waals surface area contributed by atoms with E-state index in [0.717, 1.165) is 19.6 Å². The van der Waals surface area contributed by atoms with Crippen molar-refractivity contribution in [3.63, 3.8) is 0 Å². The highest BCUT2D eigenvalue weighted by atomic mass is 16.2. The van der Waals surface area contributed by atoms with Crippen LogP contribution in [-0.2, 0) is 4.79 Å². The van der Waals surface area contributed by atoms with Crippen molar-refractivity contribution >= 4 is 5.91 Å². The fourth-order valence-electron chi connectivity index (χ4n) is 3.53. The number of amides is 1. The van der Waals surface area contributed by atoms with Gasteiger partial charge < -0.3 is 10.2 Å². The Morgan fingerprint density at radius 3 is 2.65 bits per heavy atom. The highest BCUT2D eigenvalue weighted by molar-refractivity contribution is 5.79. The zero-order valence-corrected chi connectivity index (χ0v) is 13.4. The van der Waals surface area contributed by atoms with Gasteiger partial charge in [0, 0.05) is 24.7 Å². The van der Waals surface area contributed by atoms with Crippen molar-refractivity contribution < 1.29 is 4.79 Å². The Morgan fingerprint density at radius 2 is 2.05 bits per heavy atom. The van der Waals surface area contributed by atoms with Crippen LogP contribution in [0.5, 0.6) is 0 Å². The van der Waals surface area contributed by atoms with E-state index in [1.807, 2.05) is 0 Å². The predicted octanol–water partition coefficient (Wildman–Crippen LogP) is 1.85. The number of likely N-dealkylation sites (N-methyl/N-ethyl adjacent to an activating group) is 2. The van der Waals surface area contributed by atoms with E-state index >= 15 is 0 Å². The second kappa shape index (κ2) is 7.41. The van der Waals surface area contributed by atoms with E-state index in [-0.39, 0.29) is 0 Å². The number of piperidine rings is 1. The summed E-state index contributed by atoms with van der Waals surface area (Å²) in [5.74, 6) is 0.339. The maximum absolute atomic E-state index is 12.5. The third-order valence-corrected chi connectivity index (χ3v) is 4.75. The van der Waals surface area contributed by atoms with Crippen molar-refractivity contribution in [2.24, 2.45) is 0 Å². The van der Waals surface area contributed by atoms with E-state index in [1.54, 1.807) is 0 Å². The van der Waals surface area contributed by atoms with Gasteiger partial charge in [0.1, 0.15) is 0 Å². The standard InChI is InChI=1S/C16H31N3O/c1-4-17-13(3)15-8-6-7-11-18(15)12-16(20)19(5-2)14-9-10-14/h13-15,17H,4-12H2,1-3H3.